The maximum absolute atomic E-state index is 11.8. The fraction of sp³-hybridized carbons (Fsp3) is 0.462. The van der Waals surface area contributed by atoms with E-state index in [1.165, 1.54) is 0 Å². The van der Waals surface area contributed by atoms with Crippen LogP contribution in [-0.4, -0.2) is 26.0 Å². The number of nitrogens with zero attached hydrogens (tertiary/aromatic N) is 1. The van der Waals surface area contributed by atoms with Gasteiger partial charge in [0.25, 0.3) is 0 Å². The molecule has 0 saturated heterocycles. The standard InChI is InChI=1S/C13H20ClN3O/c1-8(2)12(15)13(18)16-9-5-6-11(17(3)4)10(14)7-9/h5-8,12H,15H2,1-4H3,(H,16,18). The monoisotopic (exact) mass is 269 g/mol. The number of halogens is 1. The van der Waals surface area contributed by atoms with Gasteiger partial charge in [-0.15, -0.1) is 0 Å². The second-order valence-electron chi connectivity index (χ2n) is 4.82. The molecule has 1 aromatic rings. The minimum atomic E-state index is -0.516. The van der Waals surface area contributed by atoms with Crippen molar-refractivity contribution in [1.29, 1.82) is 0 Å². The summed E-state index contributed by atoms with van der Waals surface area (Å²) >= 11 is 6.13. The fourth-order valence-electron chi connectivity index (χ4n) is 1.48. The summed E-state index contributed by atoms with van der Waals surface area (Å²) in [5, 5.41) is 3.36. The van der Waals surface area contributed by atoms with Crippen LogP contribution in [0.3, 0.4) is 0 Å². The Bertz CT molecular complexity index is 432. The molecule has 0 fully saturated rings. The first-order valence-electron chi connectivity index (χ1n) is 5.86. The van der Waals surface area contributed by atoms with E-state index in [0.717, 1.165) is 5.69 Å². The Morgan fingerprint density at radius 2 is 2.00 bits per heavy atom. The van der Waals surface area contributed by atoms with Crippen molar-refractivity contribution >= 4 is 28.9 Å². The topological polar surface area (TPSA) is 58.4 Å². The molecular weight excluding hydrogens is 250 g/mol. The molecule has 5 heteroatoms. The van der Waals surface area contributed by atoms with Crippen molar-refractivity contribution in [3.8, 4) is 0 Å². The number of hydrogen-bond donors (Lipinski definition) is 2. The SMILES string of the molecule is CC(C)C(N)C(=O)Nc1ccc(N(C)C)c(Cl)c1. The number of rotatable bonds is 4. The van der Waals surface area contributed by atoms with Crippen LogP contribution < -0.4 is 16.0 Å². The molecule has 0 aliphatic carbocycles. The highest BCUT2D eigenvalue weighted by Crippen LogP contribution is 2.27. The average molecular weight is 270 g/mol. The Morgan fingerprint density at radius 1 is 1.39 bits per heavy atom. The van der Waals surface area contributed by atoms with Gasteiger partial charge >= 0.3 is 0 Å². The number of hydrogen-bond acceptors (Lipinski definition) is 3. The van der Waals surface area contributed by atoms with Crippen molar-refractivity contribution in [3.63, 3.8) is 0 Å². The fourth-order valence-corrected chi connectivity index (χ4v) is 1.83. The molecule has 18 heavy (non-hydrogen) atoms. The van der Waals surface area contributed by atoms with Crippen LogP contribution >= 0.6 is 11.6 Å². The third kappa shape index (κ3) is 3.62. The Balaban J connectivity index is 2.81. The van der Waals surface area contributed by atoms with E-state index in [2.05, 4.69) is 5.32 Å². The van der Waals surface area contributed by atoms with Crippen molar-refractivity contribution in [2.45, 2.75) is 19.9 Å². The number of nitrogens with two attached hydrogens (primary N) is 1. The van der Waals surface area contributed by atoms with Gasteiger partial charge < -0.3 is 16.0 Å². The largest absolute Gasteiger partial charge is 0.376 e. The highest BCUT2D eigenvalue weighted by molar-refractivity contribution is 6.33. The van der Waals surface area contributed by atoms with Gasteiger partial charge in [0.2, 0.25) is 5.91 Å². The molecule has 0 radical (unpaired) electrons. The predicted molar refractivity (Wildman–Crippen MR) is 77.2 cm³/mol. The van der Waals surface area contributed by atoms with E-state index in [9.17, 15) is 4.79 Å². The summed E-state index contributed by atoms with van der Waals surface area (Å²) in [5.74, 6) is -0.0970. The summed E-state index contributed by atoms with van der Waals surface area (Å²) in [4.78, 5) is 13.7. The molecule has 0 saturated carbocycles. The van der Waals surface area contributed by atoms with Gasteiger partial charge in [0.1, 0.15) is 0 Å². The summed E-state index contributed by atoms with van der Waals surface area (Å²) in [5.41, 5.74) is 7.34. The number of nitrogens with one attached hydrogen (secondary N) is 1. The van der Waals surface area contributed by atoms with E-state index in [-0.39, 0.29) is 11.8 Å². The molecule has 0 aliphatic rings. The van der Waals surface area contributed by atoms with Crippen LogP contribution in [0.5, 0.6) is 0 Å². The van der Waals surface area contributed by atoms with Gasteiger partial charge in [-0.25, -0.2) is 0 Å². The highest BCUT2D eigenvalue weighted by atomic mass is 35.5. The van der Waals surface area contributed by atoms with Gasteiger partial charge in [-0.3, -0.25) is 4.79 Å². The molecule has 3 N–H and O–H groups in total. The molecule has 0 aliphatic heterocycles. The van der Waals surface area contributed by atoms with Gasteiger partial charge in [-0.2, -0.15) is 0 Å². The highest BCUT2D eigenvalue weighted by Gasteiger charge is 2.17. The summed E-state index contributed by atoms with van der Waals surface area (Å²) in [6, 6.07) is 4.88. The Kier molecular flexibility index (Phi) is 4.99. The molecule has 1 aromatic carbocycles. The molecule has 1 unspecified atom stereocenters. The van der Waals surface area contributed by atoms with E-state index in [0.29, 0.717) is 10.7 Å². The van der Waals surface area contributed by atoms with Crippen LogP contribution in [0.25, 0.3) is 0 Å². The molecule has 0 heterocycles. The van der Waals surface area contributed by atoms with Crippen LogP contribution in [0.2, 0.25) is 5.02 Å². The maximum atomic E-state index is 11.8. The van der Waals surface area contributed by atoms with E-state index in [1.54, 1.807) is 6.07 Å². The van der Waals surface area contributed by atoms with E-state index >= 15 is 0 Å². The smallest absolute Gasteiger partial charge is 0.241 e. The third-order valence-electron chi connectivity index (χ3n) is 2.72. The van der Waals surface area contributed by atoms with Crippen molar-refractivity contribution in [2.75, 3.05) is 24.3 Å². The molecular formula is C13H20ClN3O. The number of carbonyl (C=O) groups excluding carboxylic acids is 1. The lowest BCUT2D eigenvalue weighted by Crippen LogP contribution is -2.39. The van der Waals surface area contributed by atoms with Gasteiger partial charge in [-0.1, -0.05) is 25.4 Å². The summed E-state index contributed by atoms with van der Waals surface area (Å²) < 4.78 is 0. The quantitative estimate of drug-likeness (QED) is 0.882. The first kappa shape index (κ1) is 14.8. The second kappa shape index (κ2) is 6.07. The molecule has 0 bridgehead atoms. The summed E-state index contributed by atoms with van der Waals surface area (Å²) in [6.07, 6.45) is 0. The number of carbonyl (C=O) groups is 1. The Morgan fingerprint density at radius 3 is 2.44 bits per heavy atom. The molecule has 1 amide bonds. The number of amides is 1. The van der Waals surface area contributed by atoms with Gasteiger partial charge in [0.15, 0.2) is 0 Å². The van der Waals surface area contributed by atoms with Gasteiger partial charge in [0.05, 0.1) is 16.8 Å². The first-order valence-corrected chi connectivity index (χ1v) is 6.24. The van der Waals surface area contributed by atoms with Crippen LogP contribution in [0.4, 0.5) is 11.4 Å². The van der Waals surface area contributed by atoms with Crippen molar-refractivity contribution in [1.82, 2.24) is 0 Å². The zero-order valence-corrected chi connectivity index (χ0v) is 12.0. The normalized spacial score (nSPS) is 12.4. The summed E-state index contributed by atoms with van der Waals surface area (Å²) in [7, 11) is 3.82. The van der Waals surface area contributed by atoms with Crippen LogP contribution in [0.15, 0.2) is 18.2 Å². The van der Waals surface area contributed by atoms with Crippen molar-refractivity contribution < 1.29 is 4.79 Å². The number of anilines is 2. The maximum Gasteiger partial charge on any atom is 0.241 e. The van der Waals surface area contributed by atoms with Crippen LogP contribution in [0.1, 0.15) is 13.8 Å². The van der Waals surface area contributed by atoms with Crippen molar-refractivity contribution in [3.05, 3.63) is 23.2 Å². The molecule has 100 valence electrons. The molecule has 1 rings (SSSR count). The molecule has 0 aromatic heterocycles. The van der Waals surface area contributed by atoms with Crippen LogP contribution in [-0.2, 0) is 4.79 Å². The predicted octanol–water partition coefficient (Wildman–Crippen LogP) is 2.33. The lowest BCUT2D eigenvalue weighted by atomic mass is 10.0. The second-order valence-corrected chi connectivity index (χ2v) is 5.23. The summed E-state index contributed by atoms with van der Waals surface area (Å²) in [6.45, 7) is 3.82. The Labute approximate surface area is 113 Å². The van der Waals surface area contributed by atoms with Crippen LogP contribution in [0, 0.1) is 5.92 Å². The molecule has 1 atom stereocenters. The lowest BCUT2D eigenvalue weighted by molar-refractivity contribution is -0.118. The minimum absolute atomic E-state index is 0.0986. The first-order chi connectivity index (χ1) is 8.32. The third-order valence-corrected chi connectivity index (χ3v) is 3.02. The lowest BCUT2D eigenvalue weighted by Gasteiger charge is -2.17. The zero-order chi connectivity index (χ0) is 13.9. The minimum Gasteiger partial charge on any atom is -0.376 e. The van der Waals surface area contributed by atoms with Gasteiger partial charge in [-0.05, 0) is 24.1 Å². The molecule has 0 spiro atoms. The van der Waals surface area contributed by atoms with Crippen molar-refractivity contribution in [2.24, 2.45) is 11.7 Å². The van der Waals surface area contributed by atoms with E-state index in [4.69, 9.17) is 17.3 Å². The average Bonchev–Trinajstić information content (AvgIpc) is 2.27. The van der Waals surface area contributed by atoms with E-state index in [1.807, 2.05) is 45.0 Å². The molecule has 4 nitrogen and oxygen atoms in total. The Hall–Kier alpha value is -1.26. The van der Waals surface area contributed by atoms with Gasteiger partial charge in [0, 0.05) is 19.8 Å². The zero-order valence-electron chi connectivity index (χ0n) is 11.2. The number of benzene rings is 1. The van der Waals surface area contributed by atoms with E-state index < -0.39 is 6.04 Å².